The van der Waals surface area contributed by atoms with Crippen LogP contribution in [0.2, 0.25) is 0 Å². The summed E-state index contributed by atoms with van der Waals surface area (Å²) in [5.74, 6) is 1.15. The Bertz CT molecular complexity index is 528. The molecule has 1 aliphatic heterocycles. The smallest absolute Gasteiger partial charge is 0.321 e. The molecule has 1 fully saturated rings. The van der Waals surface area contributed by atoms with Crippen molar-refractivity contribution in [1.29, 1.82) is 0 Å². The van der Waals surface area contributed by atoms with Crippen molar-refractivity contribution in [3.63, 3.8) is 0 Å². The van der Waals surface area contributed by atoms with Gasteiger partial charge >= 0.3 is 6.03 Å². The number of piperidine rings is 1. The summed E-state index contributed by atoms with van der Waals surface area (Å²) in [7, 11) is 0. The summed E-state index contributed by atoms with van der Waals surface area (Å²) >= 11 is 1.89. The number of aliphatic hydroxyl groups excluding tert-OH is 1. The van der Waals surface area contributed by atoms with E-state index in [9.17, 15) is 9.90 Å². The first-order valence-electron chi connectivity index (χ1n) is 8.27. The highest BCUT2D eigenvalue weighted by molar-refractivity contribution is 7.99. The van der Waals surface area contributed by atoms with Gasteiger partial charge in [0, 0.05) is 35.9 Å². The molecular weight excluding hydrogens is 308 g/mol. The SMILES string of the molecule is CC(C)(C)SCc1cccc(NC(=O)N2CCCC(CO)C2)c1. The minimum atomic E-state index is -0.0659. The van der Waals surface area contributed by atoms with Gasteiger partial charge in [-0.05, 0) is 36.5 Å². The monoisotopic (exact) mass is 336 g/mol. The molecule has 0 bridgehead atoms. The van der Waals surface area contributed by atoms with Gasteiger partial charge in [0.15, 0.2) is 0 Å². The van der Waals surface area contributed by atoms with Gasteiger partial charge in [0.05, 0.1) is 0 Å². The highest BCUT2D eigenvalue weighted by Gasteiger charge is 2.23. The molecule has 1 aromatic rings. The van der Waals surface area contributed by atoms with Crippen LogP contribution in [0.25, 0.3) is 0 Å². The summed E-state index contributed by atoms with van der Waals surface area (Å²) < 4.78 is 0.229. The molecule has 128 valence electrons. The van der Waals surface area contributed by atoms with E-state index in [1.54, 1.807) is 4.90 Å². The molecule has 0 aromatic heterocycles. The number of anilines is 1. The molecule has 23 heavy (non-hydrogen) atoms. The molecule has 4 nitrogen and oxygen atoms in total. The molecule has 2 amide bonds. The zero-order chi connectivity index (χ0) is 16.9. The van der Waals surface area contributed by atoms with Crippen molar-refractivity contribution in [1.82, 2.24) is 4.90 Å². The van der Waals surface area contributed by atoms with Crippen LogP contribution in [0.1, 0.15) is 39.2 Å². The van der Waals surface area contributed by atoms with Crippen LogP contribution >= 0.6 is 11.8 Å². The Kier molecular flexibility index (Phi) is 6.36. The van der Waals surface area contributed by atoms with Crippen LogP contribution in [0.5, 0.6) is 0 Å². The third kappa shape index (κ3) is 6.07. The molecule has 0 saturated carbocycles. The summed E-state index contributed by atoms with van der Waals surface area (Å²) in [4.78, 5) is 14.2. The van der Waals surface area contributed by atoms with Crippen molar-refractivity contribution in [2.24, 2.45) is 5.92 Å². The maximum Gasteiger partial charge on any atom is 0.321 e. The molecule has 1 atom stereocenters. The van der Waals surface area contributed by atoms with Crippen molar-refractivity contribution < 1.29 is 9.90 Å². The highest BCUT2D eigenvalue weighted by atomic mass is 32.2. The maximum absolute atomic E-state index is 12.4. The Morgan fingerprint density at radius 3 is 2.91 bits per heavy atom. The highest BCUT2D eigenvalue weighted by Crippen LogP contribution is 2.28. The van der Waals surface area contributed by atoms with Crippen LogP contribution in [0.15, 0.2) is 24.3 Å². The predicted molar refractivity (Wildman–Crippen MR) is 97.9 cm³/mol. The van der Waals surface area contributed by atoms with Crippen LogP contribution in [0.3, 0.4) is 0 Å². The van der Waals surface area contributed by atoms with Crippen LogP contribution in [-0.2, 0) is 5.75 Å². The molecule has 0 radical (unpaired) electrons. The molecular formula is C18H28N2O2S. The van der Waals surface area contributed by atoms with Gasteiger partial charge in [-0.1, -0.05) is 32.9 Å². The lowest BCUT2D eigenvalue weighted by atomic mass is 9.99. The number of thioether (sulfide) groups is 1. The second kappa shape index (κ2) is 8.06. The standard InChI is InChI=1S/C18H28N2O2S/c1-18(2,3)23-13-14-6-4-8-16(10-14)19-17(22)20-9-5-7-15(11-20)12-21/h4,6,8,10,15,21H,5,7,9,11-13H2,1-3H3,(H,19,22). The fourth-order valence-corrected chi connectivity index (χ4v) is 3.42. The Morgan fingerprint density at radius 2 is 2.22 bits per heavy atom. The zero-order valence-corrected chi connectivity index (χ0v) is 15.2. The van der Waals surface area contributed by atoms with Gasteiger partial charge in [-0.2, -0.15) is 11.8 Å². The number of likely N-dealkylation sites (tertiary alicyclic amines) is 1. The number of nitrogens with one attached hydrogen (secondary N) is 1. The number of aliphatic hydroxyl groups is 1. The Hall–Kier alpha value is -1.20. The lowest BCUT2D eigenvalue weighted by Gasteiger charge is -2.31. The largest absolute Gasteiger partial charge is 0.396 e. The van der Waals surface area contributed by atoms with Gasteiger partial charge in [0.2, 0.25) is 0 Å². The quantitative estimate of drug-likeness (QED) is 0.875. The van der Waals surface area contributed by atoms with E-state index in [-0.39, 0.29) is 23.3 Å². The third-order valence-electron chi connectivity index (χ3n) is 3.91. The first-order chi connectivity index (χ1) is 10.9. The summed E-state index contributed by atoms with van der Waals surface area (Å²) in [6, 6.07) is 7.99. The minimum Gasteiger partial charge on any atom is -0.396 e. The van der Waals surface area contributed by atoms with E-state index < -0.39 is 0 Å². The van der Waals surface area contributed by atoms with Gasteiger partial charge in [0.25, 0.3) is 0 Å². The third-order valence-corrected chi connectivity index (χ3v) is 5.26. The summed E-state index contributed by atoms with van der Waals surface area (Å²) in [6.45, 7) is 8.18. The number of hydrogen-bond acceptors (Lipinski definition) is 3. The Balaban J connectivity index is 1.93. The zero-order valence-electron chi connectivity index (χ0n) is 14.3. The number of rotatable bonds is 4. The van der Waals surface area contributed by atoms with Crippen molar-refractivity contribution in [2.75, 3.05) is 25.0 Å². The molecule has 1 heterocycles. The van der Waals surface area contributed by atoms with E-state index in [0.29, 0.717) is 6.54 Å². The van der Waals surface area contributed by atoms with E-state index in [4.69, 9.17) is 0 Å². The molecule has 0 aliphatic carbocycles. The summed E-state index contributed by atoms with van der Waals surface area (Å²) in [6.07, 6.45) is 1.96. The van der Waals surface area contributed by atoms with Crippen LogP contribution < -0.4 is 5.32 Å². The molecule has 1 aliphatic rings. The normalized spacial score (nSPS) is 18.8. The van der Waals surface area contributed by atoms with Gasteiger partial charge in [-0.15, -0.1) is 0 Å². The topological polar surface area (TPSA) is 52.6 Å². The molecule has 0 spiro atoms. The first-order valence-corrected chi connectivity index (χ1v) is 9.25. The second-order valence-electron chi connectivity index (χ2n) is 7.17. The molecule has 1 unspecified atom stereocenters. The predicted octanol–water partition coefficient (Wildman–Crippen LogP) is 3.95. The number of urea groups is 1. The maximum atomic E-state index is 12.4. The summed E-state index contributed by atoms with van der Waals surface area (Å²) in [5, 5.41) is 12.3. The van der Waals surface area contributed by atoms with Gasteiger partial charge in [-0.25, -0.2) is 4.79 Å². The molecule has 5 heteroatoms. The lowest BCUT2D eigenvalue weighted by Crippen LogP contribution is -2.43. The van der Waals surface area contributed by atoms with E-state index in [2.05, 4.69) is 32.2 Å². The van der Waals surface area contributed by atoms with Crippen molar-refractivity contribution >= 4 is 23.5 Å². The Labute approximate surface area is 143 Å². The van der Waals surface area contributed by atoms with Crippen molar-refractivity contribution in [3.05, 3.63) is 29.8 Å². The molecule has 1 saturated heterocycles. The molecule has 2 N–H and O–H groups in total. The number of amides is 2. The lowest BCUT2D eigenvalue weighted by molar-refractivity contribution is 0.136. The van der Waals surface area contributed by atoms with Crippen molar-refractivity contribution in [3.8, 4) is 0 Å². The summed E-state index contributed by atoms with van der Waals surface area (Å²) in [5.41, 5.74) is 2.06. The van der Waals surface area contributed by atoms with Gasteiger partial charge in [0.1, 0.15) is 0 Å². The minimum absolute atomic E-state index is 0.0659. The van der Waals surface area contributed by atoms with E-state index >= 15 is 0 Å². The first kappa shape index (κ1) is 18.1. The van der Waals surface area contributed by atoms with Crippen LogP contribution in [0.4, 0.5) is 10.5 Å². The number of hydrogen-bond donors (Lipinski definition) is 2. The van der Waals surface area contributed by atoms with Gasteiger partial charge < -0.3 is 15.3 Å². The number of benzene rings is 1. The average Bonchev–Trinajstić information content (AvgIpc) is 2.53. The van der Waals surface area contributed by atoms with Crippen LogP contribution in [-0.4, -0.2) is 40.5 Å². The number of nitrogens with zero attached hydrogens (tertiary/aromatic N) is 1. The van der Waals surface area contributed by atoms with Gasteiger partial charge in [-0.3, -0.25) is 0 Å². The fraction of sp³-hybridized carbons (Fsp3) is 0.611. The van der Waals surface area contributed by atoms with E-state index in [1.807, 2.05) is 30.0 Å². The van der Waals surface area contributed by atoms with E-state index in [0.717, 1.165) is 30.8 Å². The Morgan fingerprint density at radius 1 is 1.43 bits per heavy atom. The number of carbonyl (C=O) groups excluding carboxylic acids is 1. The fourth-order valence-electron chi connectivity index (χ4n) is 2.64. The second-order valence-corrected chi connectivity index (χ2v) is 8.97. The van der Waals surface area contributed by atoms with Crippen LogP contribution in [0, 0.1) is 5.92 Å². The van der Waals surface area contributed by atoms with Crippen molar-refractivity contribution in [2.45, 2.75) is 44.1 Å². The molecule has 1 aromatic carbocycles. The van der Waals surface area contributed by atoms with E-state index in [1.165, 1.54) is 5.56 Å². The number of carbonyl (C=O) groups is 1. The molecule has 2 rings (SSSR count). The average molecular weight is 337 g/mol.